The molecule has 0 atom stereocenters. The molecule has 10 nitrogen and oxygen atoms in total. The Morgan fingerprint density at radius 3 is 2.53 bits per heavy atom. The van der Waals surface area contributed by atoms with Gasteiger partial charge in [-0.25, -0.2) is 23.1 Å². The highest BCUT2D eigenvalue weighted by molar-refractivity contribution is 7.95. The fourth-order valence-corrected chi connectivity index (χ4v) is 4.26. The van der Waals surface area contributed by atoms with E-state index in [0.29, 0.717) is 28.0 Å². The molecule has 4 rings (SSSR count). The van der Waals surface area contributed by atoms with Gasteiger partial charge in [0, 0.05) is 11.0 Å². The van der Waals surface area contributed by atoms with Crippen LogP contribution in [-0.2, 0) is 16.6 Å². The lowest BCUT2D eigenvalue weighted by molar-refractivity contribution is 0.404. The largest absolute Gasteiger partial charge is 0.504 e. The molecule has 0 radical (unpaired) electrons. The predicted molar refractivity (Wildman–Crippen MR) is 121 cm³/mol. The molecule has 11 heteroatoms. The van der Waals surface area contributed by atoms with Crippen LogP contribution in [0.1, 0.15) is 0 Å². The number of phenolic OH excluding ortho intramolecular Hbond substituents is 2. The van der Waals surface area contributed by atoms with Crippen molar-refractivity contribution in [2.75, 3.05) is 16.6 Å². The van der Waals surface area contributed by atoms with Crippen LogP contribution in [0.2, 0.25) is 0 Å². The van der Waals surface area contributed by atoms with Crippen molar-refractivity contribution in [3.8, 4) is 22.8 Å². The quantitative estimate of drug-likeness (QED) is 0.362. The fraction of sp³-hybridized carbons (Fsp3) is 0.0952. The summed E-state index contributed by atoms with van der Waals surface area (Å²) in [6.07, 6.45) is 1.30. The Morgan fingerprint density at radius 1 is 1.09 bits per heavy atom. The molecule has 0 saturated carbocycles. The lowest BCUT2D eigenvalue weighted by Crippen LogP contribution is -2.32. The highest BCUT2D eigenvalue weighted by Gasteiger charge is 2.22. The number of phenols is 2. The molecule has 0 aliphatic rings. The first-order valence-electron chi connectivity index (χ1n) is 9.51. The summed E-state index contributed by atoms with van der Waals surface area (Å²) in [6.45, 7) is 3.63. The van der Waals surface area contributed by atoms with E-state index in [4.69, 9.17) is 5.73 Å². The summed E-state index contributed by atoms with van der Waals surface area (Å²) in [7, 11) is -3.76. The van der Waals surface area contributed by atoms with Crippen LogP contribution in [0.15, 0.2) is 66.8 Å². The van der Waals surface area contributed by atoms with Crippen molar-refractivity contribution in [2.45, 2.75) is 6.54 Å². The van der Waals surface area contributed by atoms with Crippen molar-refractivity contribution in [1.82, 2.24) is 19.7 Å². The average molecular weight is 452 g/mol. The van der Waals surface area contributed by atoms with E-state index < -0.39 is 10.0 Å². The molecule has 0 amide bonds. The van der Waals surface area contributed by atoms with Crippen LogP contribution >= 0.6 is 0 Å². The number of nitrogens with two attached hydrogens (primary N) is 1. The van der Waals surface area contributed by atoms with Crippen molar-refractivity contribution in [2.24, 2.45) is 0 Å². The molecule has 32 heavy (non-hydrogen) atoms. The van der Waals surface area contributed by atoms with Crippen molar-refractivity contribution >= 4 is 32.6 Å². The summed E-state index contributed by atoms with van der Waals surface area (Å²) < 4.78 is 28.0. The SMILES string of the molecule is C=CS(=O)(=O)N(CCn1nc(-c2ccc(O)c(O)c2)c2c(N)ncnc21)c1ccccc1. The van der Waals surface area contributed by atoms with E-state index in [1.165, 1.54) is 27.4 Å². The third-order valence-electron chi connectivity index (χ3n) is 4.88. The van der Waals surface area contributed by atoms with Gasteiger partial charge >= 0.3 is 0 Å². The van der Waals surface area contributed by atoms with E-state index in [-0.39, 0.29) is 30.4 Å². The molecule has 0 aliphatic heterocycles. The second-order valence-electron chi connectivity index (χ2n) is 6.85. The van der Waals surface area contributed by atoms with Gasteiger partial charge in [-0.1, -0.05) is 24.8 Å². The standard InChI is InChI=1S/C21H20N6O4S/c1-2-32(30,31)27(15-6-4-3-5-7-15)11-10-26-21-18(20(22)23-13-24-21)19(25-26)14-8-9-16(28)17(29)12-14/h2-9,12-13,28-29H,1,10-11H2,(H2,22,23,24). The molecule has 0 spiro atoms. The van der Waals surface area contributed by atoms with Crippen molar-refractivity contribution in [1.29, 1.82) is 0 Å². The molecule has 0 bridgehead atoms. The van der Waals surface area contributed by atoms with E-state index in [0.717, 1.165) is 5.41 Å². The van der Waals surface area contributed by atoms with Crippen molar-refractivity contribution in [3.63, 3.8) is 0 Å². The number of aromatic nitrogens is 4. The minimum Gasteiger partial charge on any atom is -0.504 e. The number of rotatable bonds is 7. The number of hydrogen-bond acceptors (Lipinski definition) is 8. The first kappa shape index (κ1) is 21.1. The Morgan fingerprint density at radius 2 is 1.84 bits per heavy atom. The molecule has 164 valence electrons. The lowest BCUT2D eigenvalue weighted by atomic mass is 10.1. The summed E-state index contributed by atoms with van der Waals surface area (Å²) in [5.41, 5.74) is 7.86. The normalized spacial score (nSPS) is 11.5. The van der Waals surface area contributed by atoms with Gasteiger partial charge in [-0.2, -0.15) is 5.10 Å². The maximum Gasteiger partial charge on any atom is 0.256 e. The first-order valence-corrected chi connectivity index (χ1v) is 11.0. The number of aromatic hydroxyl groups is 2. The summed E-state index contributed by atoms with van der Waals surface area (Å²) in [5.74, 6) is -0.398. The van der Waals surface area contributed by atoms with Gasteiger partial charge in [-0.15, -0.1) is 0 Å². The van der Waals surface area contributed by atoms with E-state index in [2.05, 4.69) is 21.6 Å². The summed E-state index contributed by atoms with van der Waals surface area (Å²) in [4.78, 5) is 8.29. The number of para-hydroxylation sites is 1. The van der Waals surface area contributed by atoms with Crippen molar-refractivity contribution < 1.29 is 18.6 Å². The number of sulfonamides is 1. The second-order valence-corrected chi connectivity index (χ2v) is 8.66. The van der Waals surface area contributed by atoms with Gasteiger partial charge in [0.05, 0.1) is 24.2 Å². The van der Waals surface area contributed by atoms with Crippen LogP contribution in [0.3, 0.4) is 0 Å². The molecule has 2 aromatic carbocycles. The lowest BCUT2D eigenvalue weighted by Gasteiger charge is -2.22. The number of anilines is 2. The van der Waals surface area contributed by atoms with Gasteiger partial charge in [-0.3, -0.25) is 4.31 Å². The summed E-state index contributed by atoms with van der Waals surface area (Å²) >= 11 is 0. The minimum absolute atomic E-state index is 0.0549. The molecule has 4 aromatic rings. The average Bonchev–Trinajstić information content (AvgIpc) is 3.16. The maximum atomic E-state index is 12.6. The van der Waals surface area contributed by atoms with E-state index in [1.807, 2.05) is 0 Å². The summed E-state index contributed by atoms with van der Waals surface area (Å²) in [5, 5.41) is 25.4. The molecule has 0 aliphatic carbocycles. The third kappa shape index (κ3) is 3.81. The number of hydrogen-bond donors (Lipinski definition) is 3. The van der Waals surface area contributed by atoms with Gasteiger partial charge in [0.1, 0.15) is 17.8 Å². The highest BCUT2D eigenvalue weighted by atomic mass is 32.2. The Kier molecular flexibility index (Phi) is 5.41. The van der Waals surface area contributed by atoms with E-state index in [1.54, 1.807) is 36.4 Å². The zero-order valence-electron chi connectivity index (χ0n) is 16.8. The molecule has 2 aromatic heterocycles. The molecular formula is C21H20N6O4S. The van der Waals surface area contributed by atoms with Gasteiger partial charge in [0.2, 0.25) is 0 Å². The highest BCUT2D eigenvalue weighted by Crippen LogP contribution is 2.35. The number of benzene rings is 2. The topological polar surface area (TPSA) is 147 Å². The smallest absolute Gasteiger partial charge is 0.256 e. The Bertz CT molecular complexity index is 1400. The predicted octanol–water partition coefficient (Wildman–Crippen LogP) is 2.47. The Balaban J connectivity index is 1.77. The van der Waals surface area contributed by atoms with E-state index >= 15 is 0 Å². The second kappa shape index (κ2) is 8.19. The Labute approximate surface area is 183 Å². The maximum absolute atomic E-state index is 12.6. The minimum atomic E-state index is -3.76. The van der Waals surface area contributed by atoms with Gasteiger partial charge in [0.25, 0.3) is 10.0 Å². The van der Waals surface area contributed by atoms with E-state index in [9.17, 15) is 18.6 Å². The first-order chi connectivity index (χ1) is 15.3. The van der Waals surface area contributed by atoms with Crippen LogP contribution < -0.4 is 10.0 Å². The Hall–Kier alpha value is -4.12. The van der Waals surface area contributed by atoms with Crippen LogP contribution in [0.5, 0.6) is 11.5 Å². The van der Waals surface area contributed by atoms with Crippen molar-refractivity contribution in [3.05, 3.63) is 66.8 Å². The molecule has 0 unspecified atom stereocenters. The number of nitrogen functional groups attached to an aromatic ring is 1. The molecule has 4 N–H and O–H groups in total. The number of nitrogens with zero attached hydrogens (tertiary/aromatic N) is 5. The number of fused-ring (bicyclic) bond motifs is 1. The molecule has 2 heterocycles. The van der Waals surface area contributed by atoms with Gasteiger partial charge in [0.15, 0.2) is 17.1 Å². The summed E-state index contributed by atoms with van der Waals surface area (Å²) in [6, 6.07) is 12.9. The van der Waals surface area contributed by atoms with Crippen LogP contribution in [0, 0.1) is 0 Å². The molecule has 0 fully saturated rings. The molecule has 0 saturated heterocycles. The van der Waals surface area contributed by atoms with Crippen LogP contribution in [-0.4, -0.2) is 44.9 Å². The van der Waals surface area contributed by atoms with Crippen LogP contribution in [0.4, 0.5) is 11.5 Å². The molecular weight excluding hydrogens is 432 g/mol. The van der Waals surface area contributed by atoms with Crippen LogP contribution in [0.25, 0.3) is 22.3 Å². The fourth-order valence-electron chi connectivity index (χ4n) is 3.33. The third-order valence-corrected chi connectivity index (χ3v) is 6.31. The van der Waals surface area contributed by atoms with Gasteiger partial charge in [-0.05, 0) is 30.3 Å². The zero-order valence-corrected chi connectivity index (χ0v) is 17.6. The van der Waals surface area contributed by atoms with Gasteiger partial charge < -0.3 is 15.9 Å². The zero-order chi connectivity index (χ0) is 22.9. The monoisotopic (exact) mass is 452 g/mol.